The molecule has 172 valence electrons. The van der Waals surface area contributed by atoms with Crippen molar-refractivity contribution in [3.63, 3.8) is 0 Å². The summed E-state index contributed by atoms with van der Waals surface area (Å²) in [6.07, 6.45) is 16.6. The molecule has 0 saturated heterocycles. The van der Waals surface area contributed by atoms with Gasteiger partial charge < -0.3 is 0 Å². The Bertz CT molecular complexity index is 688. The summed E-state index contributed by atoms with van der Waals surface area (Å²) in [5.41, 5.74) is 2.92. The van der Waals surface area contributed by atoms with Gasteiger partial charge in [-0.25, -0.2) is 0 Å². The van der Waals surface area contributed by atoms with Gasteiger partial charge in [-0.3, -0.25) is 0 Å². The quantitative estimate of drug-likeness (QED) is 0.402. The van der Waals surface area contributed by atoms with E-state index in [4.69, 9.17) is 0 Å². The normalized spacial score (nSPS) is 57.3. The zero-order chi connectivity index (χ0) is 21.7. The van der Waals surface area contributed by atoms with Crippen LogP contribution in [-0.4, -0.2) is 0 Å². The Morgan fingerprint density at radius 3 is 1.80 bits per heavy atom. The molecule has 0 aromatic rings. The number of rotatable bonds is 1. The van der Waals surface area contributed by atoms with Gasteiger partial charge in [-0.1, -0.05) is 61.8 Å². The fourth-order valence-electron chi connectivity index (χ4n) is 12.1. The van der Waals surface area contributed by atoms with Crippen LogP contribution in [0.15, 0.2) is 0 Å². The molecule has 5 aliphatic rings. The smallest absolute Gasteiger partial charge is 0.0235 e. The molecule has 5 fully saturated rings. The zero-order valence-corrected chi connectivity index (χ0v) is 21.7. The number of fused-ring (bicyclic) bond motifs is 7. The molecule has 0 bridgehead atoms. The summed E-state index contributed by atoms with van der Waals surface area (Å²) in [5.74, 6) is 5.79. The fourth-order valence-corrected chi connectivity index (χ4v) is 12.1. The van der Waals surface area contributed by atoms with E-state index < -0.39 is 0 Å². The van der Waals surface area contributed by atoms with E-state index in [1.54, 1.807) is 0 Å². The average molecular weight is 413 g/mol. The van der Waals surface area contributed by atoms with Gasteiger partial charge in [-0.2, -0.15) is 0 Å². The van der Waals surface area contributed by atoms with Crippen molar-refractivity contribution in [2.75, 3.05) is 0 Å². The molecule has 1 unspecified atom stereocenters. The van der Waals surface area contributed by atoms with Crippen molar-refractivity contribution in [1.29, 1.82) is 0 Å². The van der Waals surface area contributed by atoms with E-state index in [9.17, 15) is 0 Å². The highest BCUT2D eigenvalue weighted by atomic mass is 14.7. The summed E-state index contributed by atoms with van der Waals surface area (Å²) in [6.45, 7) is 21.4. The van der Waals surface area contributed by atoms with Gasteiger partial charge >= 0.3 is 0 Å². The van der Waals surface area contributed by atoms with Crippen molar-refractivity contribution in [2.45, 2.75) is 126 Å². The Hall–Kier alpha value is 0. The Balaban J connectivity index is 1.52. The average Bonchev–Trinajstić information content (AvgIpc) is 2.99. The van der Waals surface area contributed by atoms with Crippen LogP contribution in [0, 0.1) is 62.6 Å². The van der Waals surface area contributed by atoms with Crippen LogP contribution in [0.1, 0.15) is 126 Å². The second kappa shape index (κ2) is 6.53. The van der Waals surface area contributed by atoms with Gasteiger partial charge in [-0.15, -0.1) is 0 Å². The van der Waals surface area contributed by atoms with Crippen molar-refractivity contribution >= 4 is 0 Å². The van der Waals surface area contributed by atoms with Gasteiger partial charge in [0, 0.05) is 0 Å². The molecule has 9 atom stereocenters. The maximum Gasteiger partial charge on any atom is -0.0235 e. The lowest BCUT2D eigenvalue weighted by Crippen LogP contribution is -2.65. The maximum absolute atomic E-state index is 2.81. The molecule has 0 aromatic carbocycles. The minimum absolute atomic E-state index is 0.561. The van der Waals surface area contributed by atoms with Crippen LogP contribution in [0.2, 0.25) is 0 Å². The first-order valence-electron chi connectivity index (χ1n) is 13.9. The summed E-state index contributed by atoms with van der Waals surface area (Å²) < 4.78 is 0. The summed E-state index contributed by atoms with van der Waals surface area (Å²) in [6, 6.07) is 0. The Morgan fingerprint density at radius 1 is 0.567 bits per heavy atom. The Labute approximate surface area is 188 Å². The lowest BCUT2D eigenvalue weighted by Gasteiger charge is -2.73. The largest absolute Gasteiger partial charge is 0.0625 e. The monoisotopic (exact) mass is 412 g/mol. The van der Waals surface area contributed by atoms with Gasteiger partial charge in [0.05, 0.1) is 0 Å². The van der Waals surface area contributed by atoms with Crippen molar-refractivity contribution < 1.29 is 0 Å². The van der Waals surface area contributed by atoms with E-state index >= 15 is 0 Å². The highest BCUT2D eigenvalue weighted by Crippen LogP contribution is 2.78. The van der Waals surface area contributed by atoms with Crippen LogP contribution in [0.25, 0.3) is 0 Å². The lowest BCUT2D eigenvalue weighted by molar-refractivity contribution is -0.241. The highest BCUT2D eigenvalue weighted by Gasteiger charge is 2.70. The first-order chi connectivity index (χ1) is 13.9. The minimum atomic E-state index is 0.561. The van der Waals surface area contributed by atoms with Crippen LogP contribution in [0.5, 0.6) is 0 Å². The molecular weight excluding hydrogens is 360 g/mol. The molecule has 0 N–H and O–H groups in total. The van der Waals surface area contributed by atoms with E-state index in [1.165, 1.54) is 70.6 Å². The summed E-state index contributed by atoms with van der Waals surface area (Å²) in [5, 5.41) is 0. The second-order valence-corrected chi connectivity index (χ2v) is 15.1. The van der Waals surface area contributed by atoms with Crippen LogP contribution in [0.3, 0.4) is 0 Å². The van der Waals surface area contributed by atoms with E-state index in [1.807, 2.05) is 0 Å². The van der Waals surface area contributed by atoms with Gasteiger partial charge in [0.2, 0.25) is 0 Å². The molecule has 5 rings (SSSR count). The summed E-state index contributed by atoms with van der Waals surface area (Å²) >= 11 is 0. The predicted octanol–water partition coefficient (Wildman–Crippen LogP) is 9.13. The minimum Gasteiger partial charge on any atom is -0.0625 e. The van der Waals surface area contributed by atoms with Crippen molar-refractivity contribution in [2.24, 2.45) is 62.6 Å². The number of hydrogen-bond acceptors (Lipinski definition) is 0. The van der Waals surface area contributed by atoms with Crippen molar-refractivity contribution in [3.8, 4) is 0 Å². The third-order valence-corrected chi connectivity index (χ3v) is 13.6. The van der Waals surface area contributed by atoms with Gasteiger partial charge in [-0.05, 0) is 127 Å². The first-order valence-corrected chi connectivity index (χ1v) is 13.9. The summed E-state index contributed by atoms with van der Waals surface area (Å²) in [4.78, 5) is 0. The van der Waals surface area contributed by atoms with Gasteiger partial charge in [0.1, 0.15) is 0 Å². The third-order valence-electron chi connectivity index (χ3n) is 13.6. The molecule has 0 heterocycles. The van der Waals surface area contributed by atoms with Gasteiger partial charge in [0.15, 0.2) is 0 Å². The lowest BCUT2D eigenvalue weighted by atomic mass is 9.32. The second-order valence-electron chi connectivity index (χ2n) is 15.1. The van der Waals surface area contributed by atoms with E-state index in [0.717, 1.165) is 35.5 Å². The predicted molar refractivity (Wildman–Crippen MR) is 129 cm³/mol. The maximum atomic E-state index is 2.81. The third kappa shape index (κ3) is 2.52. The number of hydrogen-bond donors (Lipinski definition) is 0. The van der Waals surface area contributed by atoms with E-state index in [2.05, 4.69) is 55.4 Å². The van der Waals surface area contributed by atoms with Crippen molar-refractivity contribution in [3.05, 3.63) is 0 Å². The van der Waals surface area contributed by atoms with Crippen LogP contribution in [-0.2, 0) is 0 Å². The molecule has 30 heavy (non-hydrogen) atoms. The van der Waals surface area contributed by atoms with Crippen molar-refractivity contribution in [1.82, 2.24) is 0 Å². The molecule has 0 amide bonds. The Morgan fingerprint density at radius 2 is 1.17 bits per heavy atom. The van der Waals surface area contributed by atoms with E-state index in [0.29, 0.717) is 27.1 Å². The standard InChI is InChI=1S/C30H52/c1-20(2)21-12-17-27(5)22(21)13-18-29(7)24(27)10-11-25-28(6)16-9-15-26(3,4)23(28)14-19-30(25,29)8/h20-25H,9-19H2,1-8H3/t21-,22+,23?,24-,25-,27+,28+,29-,30-/m1/s1. The van der Waals surface area contributed by atoms with Gasteiger partial charge in [0.25, 0.3) is 0 Å². The highest BCUT2D eigenvalue weighted by molar-refractivity contribution is 5.18. The molecule has 0 heteroatoms. The molecule has 5 aliphatic carbocycles. The van der Waals surface area contributed by atoms with Crippen LogP contribution < -0.4 is 0 Å². The molecule has 5 saturated carbocycles. The summed E-state index contributed by atoms with van der Waals surface area (Å²) in [7, 11) is 0. The SMILES string of the molecule is CC(C)[C@H]1CC[C@]2(C)[C@H]3CC[C@@H]4[C@@]5(C)CCCC(C)(C)C5CC[C@@]4(C)[C@]3(C)CC[C@@H]12. The molecule has 0 nitrogen and oxygen atoms in total. The van der Waals surface area contributed by atoms with Crippen LogP contribution in [0.4, 0.5) is 0 Å². The van der Waals surface area contributed by atoms with Crippen LogP contribution >= 0.6 is 0 Å². The fraction of sp³-hybridized carbons (Fsp3) is 1.00. The topological polar surface area (TPSA) is 0 Å². The first kappa shape index (κ1) is 21.8. The Kier molecular flexibility index (Phi) is 4.75. The molecule has 0 aromatic heterocycles. The molecular formula is C30H52. The molecule has 0 radical (unpaired) electrons. The molecule has 0 spiro atoms. The molecule has 0 aliphatic heterocycles. The zero-order valence-electron chi connectivity index (χ0n) is 21.7. The van der Waals surface area contributed by atoms with E-state index in [-0.39, 0.29) is 0 Å².